The van der Waals surface area contributed by atoms with E-state index in [1.807, 2.05) is 0 Å². The highest BCUT2D eigenvalue weighted by molar-refractivity contribution is 6.42. The summed E-state index contributed by atoms with van der Waals surface area (Å²) >= 11 is 11.9. The van der Waals surface area contributed by atoms with Crippen LogP contribution < -0.4 is 5.32 Å². The summed E-state index contributed by atoms with van der Waals surface area (Å²) in [6.07, 6.45) is -0.825. The van der Waals surface area contributed by atoms with Gasteiger partial charge in [-0.05, 0) is 32.4 Å². The second-order valence-corrected chi connectivity index (χ2v) is 6.55. The summed E-state index contributed by atoms with van der Waals surface area (Å²) in [4.78, 5) is 22.8. The molecular formula is C15H19Cl2NO5. The molecule has 6 nitrogen and oxygen atoms in total. The number of nitrogens with one attached hydrogen (secondary N) is 1. The smallest absolute Gasteiger partial charge is 0.408 e. The van der Waals surface area contributed by atoms with Crippen LogP contribution in [0, 0.1) is 0 Å². The molecule has 1 atom stereocenters. The minimum atomic E-state index is -1.23. The van der Waals surface area contributed by atoms with Crippen LogP contribution in [0.2, 0.25) is 10.0 Å². The van der Waals surface area contributed by atoms with E-state index in [0.29, 0.717) is 15.6 Å². The van der Waals surface area contributed by atoms with Crippen molar-refractivity contribution in [3.8, 4) is 0 Å². The lowest BCUT2D eigenvalue weighted by Gasteiger charge is -2.22. The largest absolute Gasteiger partial charge is 0.480 e. The van der Waals surface area contributed by atoms with Crippen molar-refractivity contribution in [2.24, 2.45) is 0 Å². The Morgan fingerprint density at radius 1 is 1.30 bits per heavy atom. The molecule has 0 bridgehead atoms. The first-order valence-corrected chi connectivity index (χ1v) is 7.58. The third-order valence-corrected chi connectivity index (χ3v) is 3.42. The van der Waals surface area contributed by atoms with Crippen molar-refractivity contribution in [3.63, 3.8) is 0 Å². The number of amides is 1. The Morgan fingerprint density at radius 3 is 2.52 bits per heavy atom. The molecular weight excluding hydrogens is 345 g/mol. The molecule has 0 aliphatic heterocycles. The molecule has 0 fully saturated rings. The number of hydrogen-bond donors (Lipinski definition) is 2. The van der Waals surface area contributed by atoms with E-state index >= 15 is 0 Å². The summed E-state index contributed by atoms with van der Waals surface area (Å²) in [5, 5.41) is 12.1. The Kier molecular flexibility index (Phi) is 7.12. The van der Waals surface area contributed by atoms with Crippen LogP contribution in [0.5, 0.6) is 0 Å². The van der Waals surface area contributed by atoms with Crippen molar-refractivity contribution in [1.29, 1.82) is 0 Å². The molecule has 2 N–H and O–H groups in total. The first-order valence-electron chi connectivity index (χ1n) is 6.83. The number of ether oxygens (including phenoxy) is 2. The Morgan fingerprint density at radius 2 is 1.96 bits per heavy atom. The van der Waals surface area contributed by atoms with Crippen molar-refractivity contribution in [3.05, 3.63) is 33.8 Å². The topological polar surface area (TPSA) is 84.9 Å². The molecule has 0 radical (unpaired) electrons. The van der Waals surface area contributed by atoms with Crippen molar-refractivity contribution in [2.75, 3.05) is 6.61 Å². The Labute approximate surface area is 144 Å². The second-order valence-electron chi connectivity index (χ2n) is 5.77. The quantitative estimate of drug-likeness (QED) is 0.807. The molecule has 1 rings (SSSR count). The van der Waals surface area contributed by atoms with Gasteiger partial charge >= 0.3 is 12.1 Å². The monoisotopic (exact) mass is 363 g/mol. The highest BCUT2D eigenvalue weighted by Crippen LogP contribution is 2.25. The van der Waals surface area contributed by atoms with Gasteiger partial charge in [-0.25, -0.2) is 9.59 Å². The third-order valence-electron chi connectivity index (χ3n) is 2.56. The Balaban J connectivity index is 2.55. The normalized spacial score (nSPS) is 12.6. The van der Waals surface area contributed by atoms with Crippen molar-refractivity contribution >= 4 is 35.3 Å². The molecule has 0 saturated carbocycles. The predicted octanol–water partition coefficient (Wildman–Crippen LogP) is 3.49. The second kappa shape index (κ2) is 8.38. The first-order chi connectivity index (χ1) is 10.6. The zero-order chi connectivity index (χ0) is 17.6. The van der Waals surface area contributed by atoms with Crippen LogP contribution >= 0.6 is 23.2 Å². The van der Waals surface area contributed by atoms with Gasteiger partial charge in [-0.2, -0.15) is 0 Å². The molecule has 1 aromatic rings. The summed E-state index contributed by atoms with van der Waals surface area (Å²) in [6.45, 7) is 4.87. The standard InChI is InChI=1S/C15H19Cl2NO5/c1-15(2,3)23-14(21)18-11(13(19)20)8-22-7-9-5-4-6-10(16)12(9)17/h4-6,11H,7-8H2,1-3H3,(H,18,21)(H,19,20)/t11-/m1/s1. The van der Waals surface area contributed by atoms with Gasteiger partial charge in [0, 0.05) is 0 Å². The number of carboxylic acids is 1. The number of carbonyl (C=O) groups excluding carboxylic acids is 1. The van der Waals surface area contributed by atoms with Gasteiger partial charge in [0.2, 0.25) is 0 Å². The molecule has 0 aliphatic rings. The van der Waals surface area contributed by atoms with Gasteiger partial charge in [-0.1, -0.05) is 35.3 Å². The van der Waals surface area contributed by atoms with Crippen LogP contribution in [0.15, 0.2) is 18.2 Å². The van der Waals surface area contributed by atoms with Crippen LogP contribution in [0.4, 0.5) is 4.79 Å². The maximum atomic E-state index is 11.6. The van der Waals surface area contributed by atoms with E-state index in [0.717, 1.165) is 0 Å². The maximum Gasteiger partial charge on any atom is 0.408 e. The lowest BCUT2D eigenvalue weighted by molar-refractivity contribution is -0.141. The van der Waals surface area contributed by atoms with Gasteiger partial charge in [0.1, 0.15) is 5.60 Å². The zero-order valence-electron chi connectivity index (χ0n) is 13.1. The molecule has 0 heterocycles. The average Bonchev–Trinajstić information content (AvgIpc) is 2.40. The fraction of sp³-hybridized carbons (Fsp3) is 0.467. The molecule has 0 unspecified atom stereocenters. The van der Waals surface area contributed by atoms with Crippen molar-refractivity contribution < 1.29 is 24.2 Å². The number of hydrogen-bond acceptors (Lipinski definition) is 4. The van der Waals surface area contributed by atoms with Gasteiger partial charge in [-0.15, -0.1) is 0 Å². The minimum absolute atomic E-state index is 0.0686. The number of carbonyl (C=O) groups is 2. The Bertz CT molecular complexity index is 571. The van der Waals surface area contributed by atoms with E-state index < -0.39 is 23.7 Å². The van der Waals surface area contributed by atoms with Gasteiger partial charge < -0.3 is 19.9 Å². The van der Waals surface area contributed by atoms with E-state index in [4.69, 9.17) is 37.8 Å². The van der Waals surface area contributed by atoms with E-state index in [2.05, 4.69) is 5.32 Å². The van der Waals surface area contributed by atoms with Crippen LogP contribution in [0.3, 0.4) is 0 Å². The van der Waals surface area contributed by atoms with E-state index in [9.17, 15) is 9.59 Å². The number of aliphatic carboxylic acids is 1. The molecule has 1 amide bonds. The van der Waals surface area contributed by atoms with E-state index in [1.54, 1.807) is 39.0 Å². The zero-order valence-corrected chi connectivity index (χ0v) is 14.6. The average molecular weight is 364 g/mol. The summed E-state index contributed by atoms with van der Waals surface area (Å²) < 4.78 is 10.3. The van der Waals surface area contributed by atoms with Crippen molar-refractivity contribution in [2.45, 2.75) is 39.0 Å². The number of alkyl carbamates (subject to hydrolysis) is 1. The number of rotatable bonds is 6. The van der Waals surface area contributed by atoms with Crippen LogP contribution in [-0.2, 0) is 20.9 Å². The van der Waals surface area contributed by atoms with E-state index in [1.165, 1.54) is 0 Å². The fourth-order valence-corrected chi connectivity index (χ4v) is 1.95. The first kappa shape index (κ1) is 19.5. The van der Waals surface area contributed by atoms with Gasteiger partial charge in [0.15, 0.2) is 6.04 Å². The molecule has 1 aromatic carbocycles. The molecule has 23 heavy (non-hydrogen) atoms. The van der Waals surface area contributed by atoms with Crippen molar-refractivity contribution in [1.82, 2.24) is 5.32 Å². The molecule has 0 saturated heterocycles. The summed E-state index contributed by atoms with van der Waals surface area (Å²) in [5.41, 5.74) is -0.0944. The minimum Gasteiger partial charge on any atom is -0.480 e. The molecule has 128 valence electrons. The SMILES string of the molecule is CC(C)(C)OC(=O)N[C@H](COCc1cccc(Cl)c1Cl)C(=O)O. The maximum absolute atomic E-state index is 11.6. The summed E-state index contributed by atoms with van der Waals surface area (Å²) in [5.74, 6) is -1.23. The molecule has 0 aromatic heterocycles. The highest BCUT2D eigenvalue weighted by Gasteiger charge is 2.24. The van der Waals surface area contributed by atoms with Crippen LogP contribution in [0.1, 0.15) is 26.3 Å². The predicted molar refractivity (Wildman–Crippen MR) is 86.9 cm³/mol. The number of halogens is 2. The van der Waals surface area contributed by atoms with Gasteiger partial charge in [0.25, 0.3) is 0 Å². The van der Waals surface area contributed by atoms with Crippen LogP contribution in [-0.4, -0.2) is 35.4 Å². The highest BCUT2D eigenvalue weighted by atomic mass is 35.5. The fourth-order valence-electron chi connectivity index (χ4n) is 1.57. The molecule has 0 aliphatic carbocycles. The molecule has 8 heteroatoms. The number of benzene rings is 1. The van der Waals surface area contributed by atoms with Gasteiger partial charge in [0.05, 0.1) is 23.3 Å². The molecule has 0 spiro atoms. The summed E-state index contributed by atoms with van der Waals surface area (Å²) in [7, 11) is 0. The lowest BCUT2D eigenvalue weighted by Crippen LogP contribution is -2.46. The summed E-state index contributed by atoms with van der Waals surface area (Å²) in [6, 6.07) is 3.83. The number of carboxylic acid groups (broad SMARTS) is 1. The third kappa shape index (κ3) is 7.07. The van der Waals surface area contributed by atoms with Gasteiger partial charge in [-0.3, -0.25) is 0 Å². The van der Waals surface area contributed by atoms with E-state index in [-0.39, 0.29) is 13.2 Å². The lowest BCUT2D eigenvalue weighted by atomic mass is 10.2. The Hall–Kier alpha value is -1.50. The van der Waals surface area contributed by atoms with Crippen LogP contribution in [0.25, 0.3) is 0 Å².